The Morgan fingerprint density at radius 3 is 1.51 bits per heavy atom. The zero-order valence-corrected chi connectivity index (χ0v) is 24.2. The second-order valence-corrected chi connectivity index (χ2v) is 11.5. The molecule has 10 aromatic rings. The van der Waals surface area contributed by atoms with Crippen molar-refractivity contribution < 1.29 is 0 Å². The largest absolute Gasteiger partial charge is 0.309 e. The van der Waals surface area contributed by atoms with Gasteiger partial charge in [0.05, 0.1) is 27.6 Å². The molecule has 5 heteroatoms. The van der Waals surface area contributed by atoms with Gasteiger partial charge in [0.2, 0.25) is 0 Å². The fourth-order valence-corrected chi connectivity index (χ4v) is 7.24. The van der Waals surface area contributed by atoms with Gasteiger partial charge in [-0.1, -0.05) is 78.9 Å². The highest BCUT2D eigenvalue weighted by Crippen LogP contribution is 2.37. The molecule has 5 aromatic heterocycles. The molecule has 45 heavy (non-hydrogen) atoms. The fourth-order valence-electron chi connectivity index (χ4n) is 7.24. The van der Waals surface area contributed by atoms with Crippen molar-refractivity contribution in [1.29, 1.82) is 0 Å². The number of benzene rings is 5. The summed E-state index contributed by atoms with van der Waals surface area (Å²) >= 11 is 0. The minimum absolute atomic E-state index is 0.838. The van der Waals surface area contributed by atoms with Crippen LogP contribution in [0.15, 0.2) is 152 Å². The summed E-state index contributed by atoms with van der Waals surface area (Å²) in [5, 5.41) is 7.20. The van der Waals surface area contributed by atoms with Crippen LogP contribution in [0.4, 0.5) is 0 Å². The van der Waals surface area contributed by atoms with Crippen molar-refractivity contribution in [2.75, 3.05) is 0 Å². The van der Waals surface area contributed by atoms with Gasteiger partial charge in [0.1, 0.15) is 17.3 Å². The molecule has 0 aliphatic rings. The van der Waals surface area contributed by atoms with Crippen molar-refractivity contribution in [3.8, 4) is 17.3 Å². The van der Waals surface area contributed by atoms with Gasteiger partial charge in [-0.2, -0.15) is 0 Å². The first-order valence-corrected chi connectivity index (χ1v) is 15.2. The Bertz CT molecular complexity index is 2670. The summed E-state index contributed by atoms with van der Waals surface area (Å²) in [6, 6.07) is 51.6. The summed E-state index contributed by atoms with van der Waals surface area (Å²) in [5.74, 6) is 1.70. The minimum Gasteiger partial charge on any atom is -0.309 e. The van der Waals surface area contributed by atoms with Gasteiger partial charge in [-0.15, -0.1) is 0 Å². The molecular weight excluding hydrogens is 550 g/mol. The SMILES string of the molecule is c1cc(-n2c3ccccc3c3cc(-n4c5ccccc5c5ccccc54)ccc32)nc(-n2c3ccccc3c3cccnc32)c1. The Labute approximate surface area is 257 Å². The van der Waals surface area contributed by atoms with Crippen LogP contribution in [0, 0.1) is 0 Å². The van der Waals surface area contributed by atoms with Crippen LogP contribution >= 0.6 is 0 Å². The normalized spacial score (nSPS) is 12.0. The average molecular weight is 576 g/mol. The fraction of sp³-hybridized carbons (Fsp3) is 0. The number of rotatable bonds is 3. The molecule has 0 N–H and O–H groups in total. The van der Waals surface area contributed by atoms with Crippen LogP contribution in [0.5, 0.6) is 0 Å². The molecule has 5 aromatic carbocycles. The summed E-state index contributed by atoms with van der Waals surface area (Å²) in [7, 11) is 0. The van der Waals surface area contributed by atoms with Gasteiger partial charge in [-0.05, 0) is 66.7 Å². The number of para-hydroxylation sites is 4. The highest BCUT2D eigenvalue weighted by Gasteiger charge is 2.18. The quantitative estimate of drug-likeness (QED) is 0.210. The molecule has 5 nitrogen and oxygen atoms in total. The molecule has 0 saturated carbocycles. The van der Waals surface area contributed by atoms with E-state index in [4.69, 9.17) is 9.97 Å². The van der Waals surface area contributed by atoms with E-state index in [2.05, 4.69) is 153 Å². The van der Waals surface area contributed by atoms with Crippen LogP contribution in [-0.2, 0) is 0 Å². The summed E-state index contributed by atoms with van der Waals surface area (Å²) in [5.41, 5.74) is 7.78. The van der Waals surface area contributed by atoms with Gasteiger partial charge in [0.25, 0.3) is 0 Å². The number of fused-ring (bicyclic) bond motifs is 9. The molecule has 0 saturated heterocycles. The lowest BCUT2D eigenvalue weighted by Gasteiger charge is -2.12. The van der Waals surface area contributed by atoms with Crippen LogP contribution in [0.25, 0.3) is 82.9 Å². The summed E-state index contributed by atoms with van der Waals surface area (Å²) in [4.78, 5) is 10.1. The topological polar surface area (TPSA) is 40.6 Å². The Morgan fingerprint density at radius 2 is 0.844 bits per heavy atom. The Hall–Kier alpha value is -6.20. The molecule has 0 aliphatic heterocycles. The molecule has 0 aliphatic carbocycles. The maximum Gasteiger partial charge on any atom is 0.146 e. The summed E-state index contributed by atoms with van der Waals surface area (Å²) in [6.07, 6.45) is 1.85. The van der Waals surface area contributed by atoms with Gasteiger partial charge in [0.15, 0.2) is 0 Å². The van der Waals surface area contributed by atoms with E-state index < -0.39 is 0 Å². The Morgan fingerprint density at radius 1 is 0.356 bits per heavy atom. The van der Waals surface area contributed by atoms with E-state index in [1.165, 1.54) is 38.0 Å². The van der Waals surface area contributed by atoms with Crippen molar-refractivity contribution in [1.82, 2.24) is 23.7 Å². The summed E-state index contributed by atoms with van der Waals surface area (Å²) in [6.45, 7) is 0. The van der Waals surface area contributed by atoms with Gasteiger partial charge in [-0.3, -0.25) is 9.13 Å². The molecule has 0 spiro atoms. The van der Waals surface area contributed by atoms with Crippen LogP contribution in [0.1, 0.15) is 0 Å². The number of hydrogen-bond acceptors (Lipinski definition) is 2. The first kappa shape index (κ1) is 24.3. The van der Waals surface area contributed by atoms with Gasteiger partial charge < -0.3 is 4.57 Å². The smallest absolute Gasteiger partial charge is 0.146 e. The average Bonchev–Trinajstić information content (AvgIpc) is 3.74. The number of pyridine rings is 2. The van der Waals surface area contributed by atoms with Crippen LogP contribution in [0.2, 0.25) is 0 Å². The molecule has 0 amide bonds. The molecule has 210 valence electrons. The van der Waals surface area contributed by atoms with E-state index in [9.17, 15) is 0 Å². The van der Waals surface area contributed by atoms with Crippen LogP contribution < -0.4 is 0 Å². The molecule has 10 rings (SSSR count). The Kier molecular flexibility index (Phi) is 4.93. The molecular formula is C40H25N5. The zero-order valence-electron chi connectivity index (χ0n) is 24.2. The molecule has 0 fully saturated rings. The maximum absolute atomic E-state index is 5.29. The van der Waals surface area contributed by atoms with Gasteiger partial charge in [-0.25, -0.2) is 9.97 Å². The molecule has 0 atom stereocenters. The van der Waals surface area contributed by atoms with E-state index in [-0.39, 0.29) is 0 Å². The second-order valence-electron chi connectivity index (χ2n) is 11.5. The monoisotopic (exact) mass is 575 g/mol. The second kappa shape index (κ2) is 9.15. The van der Waals surface area contributed by atoms with Crippen LogP contribution in [0.3, 0.4) is 0 Å². The van der Waals surface area contributed by atoms with E-state index in [0.29, 0.717) is 0 Å². The van der Waals surface area contributed by atoms with Crippen molar-refractivity contribution in [3.63, 3.8) is 0 Å². The van der Waals surface area contributed by atoms with Crippen LogP contribution in [-0.4, -0.2) is 23.7 Å². The standard InChI is InChI=1S/C40H25N5/c1-5-16-33-27(11-1)28-12-2-6-17-34(28)43(33)26-22-23-37-32(25-26)30-14-4-7-18-35(30)44(37)38-20-9-21-39(42-38)45-36-19-8-3-13-29(36)31-15-10-24-41-40(31)45/h1-25H. The van der Waals surface area contributed by atoms with Crippen molar-refractivity contribution >= 4 is 65.5 Å². The summed E-state index contributed by atoms with van der Waals surface area (Å²) < 4.78 is 6.83. The highest BCUT2D eigenvalue weighted by molar-refractivity contribution is 6.12. The number of hydrogen-bond donors (Lipinski definition) is 0. The third-order valence-corrected chi connectivity index (χ3v) is 9.11. The lowest BCUT2D eigenvalue weighted by atomic mass is 10.1. The maximum atomic E-state index is 5.29. The zero-order chi connectivity index (χ0) is 29.5. The Balaban J connectivity index is 1.22. The predicted octanol–water partition coefficient (Wildman–Crippen LogP) is 9.77. The van der Waals surface area contributed by atoms with E-state index in [1.807, 2.05) is 12.3 Å². The van der Waals surface area contributed by atoms with Gasteiger partial charge >= 0.3 is 0 Å². The van der Waals surface area contributed by atoms with Gasteiger partial charge in [0, 0.05) is 44.2 Å². The van der Waals surface area contributed by atoms with Crippen molar-refractivity contribution in [3.05, 3.63) is 152 Å². The third kappa shape index (κ3) is 3.38. The lowest BCUT2D eigenvalue weighted by molar-refractivity contribution is 1.00. The third-order valence-electron chi connectivity index (χ3n) is 9.11. The highest BCUT2D eigenvalue weighted by atomic mass is 15.2. The van der Waals surface area contributed by atoms with E-state index in [1.54, 1.807) is 0 Å². The molecule has 0 radical (unpaired) electrons. The first-order chi connectivity index (χ1) is 22.3. The minimum atomic E-state index is 0.838. The first-order valence-electron chi connectivity index (χ1n) is 15.2. The number of aromatic nitrogens is 5. The molecule has 0 unspecified atom stereocenters. The van der Waals surface area contributed by atoms with E-state index >= 15 is 0 Å². The lowest BCUT2D eigenvalue weighted by Crippen LogP contribution is -2.03. The van der Waals surface area contributed by atoms with Crippen molar-refractivity contribution in [2.45, 2.75) is 0 Å². The van der Waals surface area contributed by atoms with Crippen molar-refractivity contribution in [2.24, 2.45) is 0 Å². The van der Waals surface area contributed by atoms with E-state index in [0.717, 1.165) is 44.9 Å². The molecule has 0 bridgehead atoms. The predicted molar refractivity (Wildman–Crippen MR) is 185 cm³/mol. The number of nitrogens with zero attached hydrogens (tertiary/aromatic N) is 5. The molecule has 5 heterocycles.